The lowest BCUT2D eigenvalue weighted by Crippen LogP contribution is -2.38. The van der Waals surface area contributed by atoms with Crippen molar-refractivity contribution in [3.05, 3.63) is 329 Å². The number of halogens is 6. The third kappa shape index (κ3) is 29.2. The largest absolute Gasteiger partial charge is 0.492 e. The number of carbonyl (C=O) groups excluding carboxylic acids is 2. The molecule has 2 aliphatic rings. The van der Waals surface area contributed by atoms with Gasteiger partial charge in [-0.3, -0.25) is 14.5 Å². The van der Waals surface area contributed by atoms with Gasteiger partial charge in [-0.1, -0.05) is 191 Å². The Balaban J connectivity index is 0.000000151. The van der Waals surface area contributed by atoms with Crippen LogP contribution < -0.4 is 9.64 Å². The van der Waals surface area contributed by atoms with Crippen LogP contribution in [0.4, 0.5) is 5.69 Å². The van der Waals surface area contributed by atoms with Gasteiger partial charge in [-0.25, -0.2) is 0 Å². The number of nitrogens with one attached hydrogen (secondary N) is 2. The molecule has 2 fully saturated rings. The third-order valence-corrected chi connectivity index (χ3v) is 22.6. The number of hydrogen-bond acceptors (Lipinski definition) is 18. The fourth-order valence-electron chi connectivity index (χ4n) is 14.7. The molecule has 14 aromatic rings. The van der Waals surface area contributed by atoms with Gasteiger partial charge in [-0.2, -0.15) is 15.7 Å². The number of aliphatic hydroxyl groups is 1. The number of likely N-dealkylation sites (tertiary alicyclic amines) is 1. The van der Waals surface area contributed by atoms with Crippen LogP contribution in [0, 0.1) is 11.3 Å². The van der Waals surface area contributed by atoms with E-state index in [0.717, 1.165) is 190 Å². The van der Waals surface area contributed by atoms with Crippen molar-refractivity contribution in [3.63, 3.8) is 0 Å². The predicted octanol–water partition coefficient (Wildman–Crippen LogP) is 23.2. The van der Waals surface area contributed by atoms with Crippen molar-refractivity contribution in [2.45, 2.75) is 77.8 Å². The zero-order valence-corrected chi connectivity index (χ0v) is 78.0. The van der Waals surface area contributed by atoms with Crippen LogP contribution >= 0.6 is 69.6 Å². The van der Waals surface area contributed by atoms with Crippen molar-refractivity contribution in [2.24, 2.45) is 0 Å². The molecule has 0 atom stereocenters. The number of aromatic nitrogens is 8. The molecule has 0 aliphatic carbocycles. The van der Waals surface area contributed by atoms with Gasteiger partial charge in [-0.15, -0.1) is 20.4 Å². The van der Waals surface area contributed by atoms with Gasteiger partial charge < -0.3 is 48.1 Å². The molecule has 0 unspecified atom stereocenters. The molecule has 2 aliphatic heterocycles. The number of tetrazole rings is 2. The minimum atomic E-state index is -0.135. The van der Waals surface area contributed by atoms with Gasteiger partial charge in [0.2, 0.25) is 17.6 Å². The monoisotopic (exact) mass is 1860 g/mol. The first-order chi connectivity index (χ1) is 63.1. The smallest absolute Gasteiger partial charge is 0.253 e. The Bertz CT molecular complexity index is 5950. The summed E-state index contributed by atoms with van der Waals surface area (Å²) in [5.41, 5.74) is 23.3. The van der Waals surface area contributed by atoms with Crippen LogP contribution in [0.3, 0.4) is 0 Å². The fraction of sp³-hybridized carbons (Fsp3) is 0.245. The summed E-state index contributed by atoms with van der Waals surface area (Å²) >= 11 is 35.9. The quantitative estimate of drug-likeness (QED) is 0.0455. The second kappa shape index (κ2) is 51.1. The number of aromatic amines is 2. The number of carbonyl (C=O) groups is 2. The molecule has 0 saturated carbocycles. The van der Waals surface area contributed by atoms with Crippen LogP contribution in [0.5, 0.6) is 5.75 Å². The normalized spacial score (nSPS) is 12.4. The lowest BCUT2D eigenvalue weighted by molar-refractivity contribution is -0.119. The molecule has 28 heteroatoms. The van der Waals surface area contributed by atoms with Crippen molar-refractivity contribution >= 4 is 87.1 Å². The zero-order valence-electron chi connectivity index (χ0n) is 73.5. The Morgan fingerprint density at radius 3 is 1.27 bits per heavy atom. The number of rotatable bonds is 26. The van der Waals surface area contributed by atoms with Crippen molar-refractivity contribution in [3.8, 4) is 101 Å². The maximum absolute atomic E-state index is 12.2. The van der Waals surface area contributed by atoms with E-state index < -0.39 is 0 Å². The molecule has 22 nitrogen and oxygen atoms in total. The summed E-state index contributed by atoms with van der Waals surface area (Å²) in [6, 6.07) is 84.1. The molecule has 12 aromatic carbocycles. The number of nitrogens with zero attached hydrogens (tertiary/aromatic N) is 10. The lowest BCUT2D eigenvalue weighted by atomic mass is 9.97. The number of aliphatic hydroxyl groups excluding tert-OH is 1. The SMILES string of the molecule is COCc1cc(-c2nn[nH]n2)ccc1-c1ccc(Cl)cc1.COCc1cc(C(=O)N(C)C)cc(-c2ccc(Cl)cc2)c1.COCc1cc(Cl)ccc1-c1ccc(-c2nn[nH]n2)cc1.COCc1cc(Cl)ccc1-c1ccc(C#N)cc1.COCc1cc(N2CCCCC2=O)ccc1-c1ccc(Cl)cc1.COCc1cc(OCCN2CCC(O)CC2)ccc1-c1ccc(Cl)cc1. The van der Waals surface area contributed by atoms with E-state index in [2.05, 4.69) is 70.4 Å². The molecule has 2 saturated heterocycles. The maximum Gasteiger partial charge on any atom is 0.253 e. The highest BCUT2D eigenvalue weighted by Gasteiger charge is 2.23. The van der Waals surface area contributed by atoms with Crippen molar-refractivity contribution in [1.82, 2.24) is 51.0 Å². The number of amides is 2. The average Bonchev–Trinajstić information content (AvgIpc) is 1.22. The van der Waals surface area contributed by atoms with E-state index in [0.29, 0.717) is 90.5 Å². The highest BCUT2D eigenvalue weighted by molar-refractivity contribution is 6.32. The van der Waals surface area contributed by atoms with Crippen LogP contribution in [0.1, 0.15) is 81.4 Å². The van der Waals surface area contributed by atoms with Gasteiger partial charge in [-0.05, 0) is 270 Å². The minimum Gasteiger partial charge on any atom is -0.492 e. The zero-order chi connectivity index (χ0) is 92.3. The second-order valence-corrected chi connectivity index (χ2v) is 33.2. The van der Waals surface area contributed by atoms with E-state index in [1.807, 2.05) is 229 Å². The molecular weight excluding hydrogens is 1770 g/mol. The van der Waals surface area contributed by atoms with Crippen molar-refractivity contribution < 1.29 is 47.9 Å². The third-order valence-electron chi connectivity index (χ3n) is 21.1. The van der Waals surface area contributed by atoms with Crippen LogP contribution in [0.2, 0.25) is 30.1 Å². The van der Waals surface area contributed by atoms with E-state index in [9.17, 15) is 14.7 Å². The Labute approximate surface area is 788 Å². The van der Waals surface area contributed by atoms with Gasteiger partial charge in [0.15, 0.2) is 0 Å². The predicted molar refractivity (Wildman–Crippen MR) is 518 cm³/mol. The van der Waals surface area contributed by atoms with Gasteiger partial charge in [0.05, 0.1) is 57.4 Å². The summed E-state index contributed by atoms with van der Waals surface area (Å²) in [6.45, 7) is 7.23. The highest BCUT2D eigenvalue weighted by Crippen LogP contribution is 2.37. The maximum atomic E-state index is 12.2. The van der Waals surface area contributed by atoms with Crippen LogP contribution in [0.25, 0.3) is 89.5 Å². The topological polar surface area (TPSA) is 261 Å². The standard InChI is InChI=1S/C21H26ClNO3.C19H20ClNO2.C17H18ClNO2.2C15H13ClN4O.C15H12ClNO/c1-25-15-17-14-20(26-13-12-23-10-8-19(24)9-11-23)6-7-21(17)16-2-4-18(22)5-3-16;1-23-13-15-12-17(21-11-3-2-4-19(21)22)9-10-18(15)14-5-7-16(20)8-6-14;1-19(2)17(20)15-9-12(11-21-3)8-14(10-15)13-4-6-16(18)7-5-13;1-21-9-12-8-11(15-17-19-20-18-15)4-7-14(12)10-2-5-13(16)6-3-10;1-21-9-12-8-13(16)6-7-14(12)10-2-4-11(5-3-10)15-17-19-20-18-15;1-18-10-13-8-14(16)6-7-15(13)12-4-2-11(9-17)3-5-12/h2-7,14,19,24H,8-13,15H2,1H3;5-10,12H,2-4,11,13H2,1H3;4-10H,11H2,1-3H3;2*2-8H,9H2,1H3,(H,17,18,19,20);2-8H,10H2,1H3. The highest BCUT2D eigenvalue weighted by atomic mass is 35.5. The van der Waals surface area contributed by atoms with E-state index in [1.165, 1.54) is 0 Å². The first kappa shape index (κ1) is 99.0. The number of benzene rings is 12. The second-order valence-electron chi connectivity index (χ2n) is 30.5. The molecule has 3 N–H and O–H groups in total. The van der Waals surface area contributed by atoms with Crippen LogP contribution in [0.15, 0.2) is 255 Å². The summed E-state index contributed by atoms with van der Waals surface area (Å²) < 4.78 is 37.6. The van der Waals surface area contributed by atoms with Gasteiger partial charge >= 0.3 is 0 Å². The Kier molecular flexibility index (Phi) is 39.0. The molecule has 672 valence electrons. The fourth-order valence-corrected chi connectivity index (χ4v) is 15.6. The van der Waals surface area contributed by atoms with E-state index in [1.54, 1.807) is 73.8 Å². The molecule has 2 aromatic heterocycles. The van der Waals surface area contributed by atoms with Crippen LogP contribution in [-0.4, -0.2) is 164 Å². The number of ether oxygens (including phenoxy) is 7. The minimum absolute atomic E-state index is 0.0248. The molecule has 130 heavy (non-hydrogen) atoms. The molecular formula is C102H102Cl6N12O10. The molecule has 0 bridgehead atoms. The lowest BCUT2D eigenvalue weighted by Gasteiger charge is -2.29. The number of nitriles is 1. The molecule has 16 rings (SSSR count). The van der Waals surface area contributed by atoms with Gasteiger partial charge in [0.25, 0.3) is 5.91 Å². The van der Waals surface area contributed by atoms with Crippen LogP contribution in [-0.2, 0) is 72.9 Å². The number of H-pyrrole nitrogens is 2. The van der Waals surface area contributed by atoms with E-state index >= 15 is 0 Å². The first-order valence-corrected chi connectivity index (χ1v) is 44.1. The molecule has 2 amide bonds. The molecule has 0 radical (unpaired) electrons. The number of anilines is 1. The van der Waals surface area contributed by atoms with Gasteiger partial charge in [0.1, 0.15) is 12.4 Å². The number of piperidine rings is 2. The number of methoxy groups -OCH3 is 6. The summed E-state index contributed by atoms with van der Waals surface area (Å²) in [6.07, 6.45) is 4.26. The van der Waals surface area contributed by atoms with Crippen molar-refractivity contribution in [2.75, 3.05) is 94.4 Å². The van der Waals surface area contributed by atoms with E-state index in [-0.39, 0.29) is 17.9 Å². The summed E-state index contributed by atoms with van der Waals surface area (Å²) in [5, 5.41) is 50.6. The Hall–Kier alpha value is -11.6. The van der Waals surface area contributed by atoms with Crippen molar-refractivity contribution in [1.29, 1.82) is 5.26 Å². The Morgan fingerprint density at radius 1 is 0.431 bits per heavy atom. The van der Waals surface area contributed by atoms with Gasteiger partial charge in [0, 0.05) is 142 Å². The van der Waals surface area contributed by atoms with E-state index in [4.69, 9.17) is 108 Å². The summed E-state index contributed by atoms with van der Waals surface area (Å²) in [4.78, 5) is 30.1. The molecule has 0 spiro atoms. The number of hydrogen-bond donors (Lipinski definition) is 3. The first-order valence-electron chi connectivity index (χ1n) is 41.9. The molecule has 4 heterocycles. The average molecular weight is 1870 g/mol. The summed E-state index contributed by atoms with van der Waals surface area (Å²) in [5.74, 6) is 2.18. The Morgan fingerprint density at radius 2 is 0.823 bits per heavy atom. The summed E-state index contributed by atoms with van der Waals surface area (Å²) in [7, 11) is 13.5.